The lowest BCUT2D eigenvalue weighted by molar-refractivity contribution is 0.0734. The SMILES string of the molecule is CCN(CC)C(=O)c1nc(-c2ccc(OC)cc2)c(-c2ccc(OCCO)cc2)o1. The summed E-state index contributed by atoms with van der Waals surface area (Å²) in [4.78, 5) is 19.0. The first-order chi connectivity index (χ1) is 14.6. The van der Waals surface area contributed by atoms with Gasteiger partial charge in [0.2, 0.25) is 0 Å². The van der Waals surface area contributed by atoms with Gasteiger partial charge in [0.25, 0.3) is 5.89 Å². The van der Waals surface area contributed by atoms with Crippen LogP contribution in [-0.4, -0.2) is 54.3 Å². The topological polar surface area (TPSA) is 85.0 Å². The molecular formula is C23H26N2O5. The number of rotatable bonds is 9. The minimum Gasteiger partial charge on any atom is -0.497 e. The normalized spacial score (nSPS) is 10.7. The maximum atomic E-state index is 12.8. The molecule has 0 unspecified atom stereocenters. The molecule has 0 radical (unpaired) electrons. The Morgan fingerprint density at radius 2 is 1.60 bits per heavy atom. The first-order valence-electron chi connectivity index (χ1n) is 9.89. The van der Waals surface area contributed by atoms with Crippen molar-refractivity contribution < 1.29 is 23.8 Å². The van der Waals surface area contributed by atoms with E-state index in [1.807, 2.05) is 50.2 Å². The number of carbonyl (C=O) groups excluding carboxylic acids is 1. The number of methoxy groups -OCH3 is 1. The van der Waals surface area contributed by atoms with E-state index in [1.165, 1.54) is 0 Å². The fourth-order valence-corrected chi connectivity index (χ4v) is 3.06. The van der Waals surface area contributed by atoms with Crippen molar-refractivity contribution in [2.45, 2.75) is 13.8 Å². The molecule has 1 N–H and O–H groups in total. The Labute approximate surface area is 175 Å². The molecule has 2 aromatic carbocycles. The average molecular weight is 410 g/mol. The van der Waals surface area contributed by atoms with Gasteiger partial charge in [-0.1, -0.05) is 0 Å². The van der Waals surface area contributed by atoms with Gasteiger partial charge in [-0.2, -0.15) is 0 Å². The Hall–Kier alpha value is -3.32. The van der Waals surface area contributed by atoms with E-state index < -0.39 is 0 Å². The molecule has 30 heavy (non-hydrogen) atoms. The van der Waals surface area contributed by atoms with Crippen LogP contribution in [0.1, 0.15) is 24.5 Å². The summed E-state index contributed by atoms with van der Waals surface area (Å²) < 4.78 is 16.6. The summed E-state index contributed by atoms with van der Waals surface area (Å²) in [7, 11) is 1.61. The molecule has 0 fully saturated rings. The van der Waals surface area contributed by atoms with Crippen molar-refractivity contribution >= 4 is 5.91 Å². The van der Waals surface area contributed by atoms with Gasteiger partial charge in [-0.25, -0.2) is 4.98 Å². The van der Waals surface area contributed by atoms with Crippen LogP contribution >= 0.6 is 0 Å². The van der Waals surface area contributed by atoms with Crippen LogP contribution in [0.15, 0.2) is 52.9 Å². The van der Waals surface area contributed by atoms with Gasteiger partial charge in [0.15, 0.2) is 5.76 Å². The second-order valence-electron chi connectivity index (χ2n) is 6.50. The maximum Gasteiger partial charge on any atom is 0.309 e. The Kier molecular flexibility index (Phi) is 7.08. The Morgan fingerprint density at radius 1 is 1.00 bits per heavy atom. The quantitative estimate of drug-likeness (QED) is 0.576. The molecule has 0 atom stereocenters. The number of amides is 1. The standard InChI is InChI=1S/C23H26N2O5/c1-4-25(5-2)23(27)22-24-20(16-6-10-18(28-3)11-7-16)21(30-22)17-8-12-19(13-9-17)29-15-14-26/h6-13,26H,4-5,14-15H2,1-3H3. The van der Waals surface area contributed by atoms with E-state index >= 15 is 0 Å². The summed E-state index contributed by atoms with van der Waals surface area (Å²) in [5, 5.41) is 8.91. The predicted octanol–water partition coefficient (Wildman–Crippen LogP) is 3.87. The smallest absolute Gasteiger partial charge is 0.309 e. The van der Waals surface area contributed by atoms with Crippen LogP contribution in [0.2, 0.25) is 0 Å². The highest BCUT2D eigenvalue weighted by Crippen LogP contribution is 2.34. The van der Waals surface area contributed by atoms with Crippen LogP contribution < -0.4 is 9.47 Å². The molecule has 3 aromatic rings. The molecule has 1 aromatic heterocycles. The number of hydrogen-bond donors (Lipinski definition) is 1. The lowest BCUT2D eigenvalue weighted by Gasteiger charge is -2.15. The number of hydrogen-bond acceptors (Lipinski definition) is 6. The second-order valence-corrected chi connectivity index (χ2v) is 6.50. The Bertz CT molecular complexity index is 960. The summed E-state index contributed by atoms with van der Waals surface area (Å²) >= 11 is 0. The number of aliphatic hydroxyl groups excluding tert-OH is 1. The molecule has 3 rings (SSSR count). The van der Waals surface area contributed by atoms with E-state index in [4.69, 9.17) is 19.0 Å². The molecule has 0 aliphatic rings. The zero-order valence-corrected chi connectivity index (χ0v) is 17.4. The number of ether oxygens (including phenoxy) is 2. The molecule has 1 heterocycles. The molecule has 0 spiro atoms. The molecule has 158 valence electrons. The van der Waals surface area contributed by atoms with Gasteiger partial charge >= 0.3 is 5.91 Å². The van der Waals surface area contributed by atoms with Gasteiger partial charge < -0.3 is 23.9 Å². The van der Waals surface area contributed by atoms with E-state index in [0.29, 0.717) is 30.3 Å². The van der Waals surface area contributed by atoms with Gasteiger partial charge in [0.05, 0.1) is 13.7 Å². The van der Waals surface area contributed by atoms with Crippen molar-refractivity contribution in [1.29, 1.82) is 0 Å². The second kappa shape index (κ2) is 9.93. The van der Waals surface area contributed by atoms with E-state index in [9.17, 15) is 4.79 Å². The first-order valence-corrected chi connectivity index (χ1v) is 9.89. The lowest BCUT2D eigenvalue weighted by Crippen LogP contribution is -2.30. The fraction of sp³-hybridized carbons (Fsp3) is 0.304. The predicted molar refractivity (Wildman–Crippen MR) is 114 cm³/mol. The summed E-state index contributed by atoms with van der Waals surface area (Å²) in [5.41, 5.74) is 2.16. The van der Waals surface area contributed by atoms with Crippen molar-refractivity contribution in [3.05, 3.63) is 54.4 Å². The number of nitrogens with zero attached hydrogens (tertiary/aromatic N) is 2. The third kappa shape index (κ3) is 4.63. The van der Waals surface area contributed by atoms with Crippen LogP contribution in [0.4, 0.5) is 0 Å². The van der Waals surface area contributed by atoms with E-state index in [0.717, 1.165) is 16.9 Å². The number of aromatic nitrogens is 1. The van der Waals surface area contributed by atoms with Crippen LogP contribution in [0, 0.1) is 0 Å². The molecule has 0 bridgehead atoms. The fourth-order valence-electron chi connectivity index (χ4n) is 3.06. The largest absolute Gasteiger partial charge is 0.497 e. The number of benzene rings is 2. The summed E-state index contributed by atoms with van der Waals surface area (Å²) in [6.07, 6.45) is 0. The van der Waals surface area contributed by atoms with E-state index in [1.54, 1.807) is 24.1 Å². The summed E-state index contributed by atoms with van der Waals surface area (Å²) in [6, 6.07) is 14.7. The van der Waals surface area contributed by atoms with Gasteiger partial charge in [0.1, 0.15) is 23.8 Å². The molecular weight excluding hydrogens is 384 g/mol. The molecule has 1 amide bonds. The molecule has 0 saturated carbocycles. The number of carbonyl (C=O) groups is 1. The number of aliphatic hydroxyl groups is 1. The maximum absolute atomic E-state index is 12.8. The van der Waals surface area contributed by atoms with Crippen molar-refractivity contribution in [1.82, 2.24) is 9.88 Å². The van der Waals surface area contributed by atoms with Crippen LogP contribution in [0.25, 0.3) is 22.6 Å². The molecule has 7 heteroatoms. The molecule has 7 nitrogen and oxygen atoms in total. The number of oxazole rings is 1. The third-order valence-electron chi connectivity index (χ3n) is 4.70. The highest BCUT2D eigenvalue weighted by Gasteiger charge is 2.24. The molecule has 0 saturated heterocycles. The van der Waals surface area contributed by atoms with Gasteiger partial charge in [-0.15, -0.1) is 0 Å². The third-order valence-corrected chi connectivity index (χ3v) is 4.70. The summed E-state index contributed by atoms with van der Waals surface area (Å²) in [6.45, 7) is 5.15. The highest BCUT2D eigenvalue weighted by atomic mass is 16.5. The van der Waals surface area contributed by atoms with Gasteiger partial charge in [-0.3, -0.25) is 4.79 Å². The van der Waals surface area contributed by atoms with Crippen LogP contribution in [0.5, 0.6) is 11.5 Å². The highest BCUT2D eigenvalue weighted by molar-refractivity contribution is 5.92. The monoisotopic (exact) mass is 410 g/mol. The van der Waals surface area contributed by atoms with Crippen molar-refractivity contribution in [3.63, 3.8) is 0 Å². The van der Waals surface area contributed by atoms with Crippen molar-refractivity contribution in [3.8, 4) is 34.1 Å². The first kappa shape index (κ1) is 21.4. The zero-order chi connectivity index (χ0) is 21.5. The molecule has 0 aliphatic carbocycles. The minimum absolute atomic E-state index is 0.0533. The minimum atomic E-state index is -0.246. The average Bonchev–Trinajstić information content (AvgIpc) is 3.24. The lowest BCUT2D eigenvalue weighted by atomic mass is 10.1. The Morgan fingerprint density at radius 3 is 2.17 bits per heavy atom. The van der Waals surface area contributed by atoms with Crippen molar-refractivity contribution in [2.75, 3.05) is 33.4 Å². The van der Waals surface area contributed by atoms with Gasteiger partial charge in [-0.05, 0) is 62.4 Å². The van der Waals surface area contributed by atoms with Crippen molar-refractivity contribution in [2.24, 2.45) is 0 Å². The van der Waals surface area contributed by atoms with E-state index in [2.05, 4.69) is 4.98 Å². The van der Waals surface area contributed by atoms with Crippen LogP contribution in [-0.2, 0) is 0 Å². The van der Waals surface area contributed by atoms with Crippen LogP contribution in [0.3, 0.4) is 0 Å². The molecule has 0 aliphatic heterocycles. The summed E-state index contributed by atoms with van der Waals surface area (Å²) in [5.74, 6) is 1.68. The zero-order valence-electron chi connectivity index (χ0n) is 17.4. The van der Waals surface area contributed by atoms with E-state index in [-0.39, 0.29) is 25.0 Å². The van der Waals surface area contributed by atoms with Gasteiger partial charge in [0, 0.05) is 24.2 Å². The Balaban J connectivity index is 2.03.